The average molecular weight is 277 g/mol. The lowest BCUT2D eigenvalue weighted by atomic mass is 9.95. The molecule has 5 heteroatoms. The zero-order valence-corrected chi connectivity index (χ0v) is 11.7. The van der Waals surface area contributed by atoms with Gasteiger partial charge in [0.25, 0.3) is 0 Å². The molecule has 1 aromatic carbocycles. The van der Waals surface area contributed by atoms with E-state index in [0.717, 1.165) is 31.5 Å². The third-order valence-corrected chi connectivity index (χ3v) is 4.34. The number of benzene rings is 1. The van der Waals surface area contributed by atoms with Crippen LogP contribution in [0.25, 0.3) is 0 Å². The minimum absolute atomic E-state index is 0.0695. The summed E-state index contributed by atoms with van der Waals surface area (Å²) in [4.78, 5) is 16.0. The van der Waals surface area contributed by atoms with Gasteiger partial charge in [-0.25, -0.2) is 9.18 Å². The van der Waals surface area contributed by atoms with Gasteiger partial charge in [-0.3, -0.25) is 4.90 Å². The average Bonchev–Trinajstić information content (AvgIpc) is 2.77. The summed E-state index contributed by atoms with van der Waals surface area (Å²) < 4.78 is 13.2. The predicted octanol–water partition coefficient (Wildman–Crippen LogP) is 2.12. The van der Waals surface area contributed by atoms with Crippen molar-refractivity contribution in [1.82, 2.24) is 15.1 Å². The van der Waals surface area contributed by atoms with Crippen LogP contribution in [0.15, 0.2) is 24.3 Å². The normalized spacial score (nSPS) is 27.7. The lowest BCUT2D eigenvalue weighted by Crippen LogP contribution is -2.57. The highest BCUT2D eigenvalue weighted by Crippen LogP contribution is 2.33. The summed E-state index contributed by atoms with van der Waals surface area (Å²) in [6.45, 7) is 2.52. The van der Waals surface area contributed by atoms with E-state index in [0.29, 0.717) is 6.54 Å². The van der Waals surface area contributed by atoms with E-state index in [1.165, 1.54) is 18.6 Å². The molecular weight excluding hydrogens is 257 g/mol. The second-order valence-corrected chi connectivity index (χ2v) is 5.70. The first kappa shape index (κ1) is 13.4. The molecule has 2 fully saturated rings. The van der Waals surface area contributed by atoms with Crippen LogP contribution in [0.2, 0.25) is 0 Å². The molecule has 1 atom stereocenters. The minimum atomic E-state index is -0.514. The van der Waals surface area contributed by atoms with Gasteiger partial charge in [-0.15, -0.1) is 0 Å². The van der Waals surface area contributed by atoms with Crippen LogP contribution in [0.1, 0.15) is 24.8 Å². The van der Waals surface area contributed by atoms with Gasteiger partial charge in [0.05, 0.1) is 6.54 Å². The number of piperidine rings is 1. The lowest BCUT2D eigenvalue weighted by molar-refractivity contribution is 0.0553. The largest absolute Gasteiger partial charge is 0.324 e. The zero-order chi connectivity index (χ0) is 14.2. The van der Waals surface area contributed by atoms with Gasteiger partial charge in [-0.2, -0.15) is 0 Å². The number of carbonyl (C=O) groups is 1. The molecule has 0 aliphatic carbocycles. The fourth-order valence-corrected chi connectivity index (χ4v) is 3.25. The first-order chi connectivity index (χ1) is 9.62. The van der Waals surface area contributed by atoms with E-state index in [1.54, 1.807) is 24.1 Å². The van der Waals surface area contributed by atoms with Crippen molar-refractivity contribution >= 4 is 6.03 Å². The maximum absolute atomic E-state index is 13.2. The van der Waals surface area contributed by atoms with Crippen molar-refractivity contribution in [3.05, 3.63) is 35.6 Å². The van der Waals surface area contributed by atoms with Gasteiger partial charge in [0.1, 0.15) is 11.5 Å². The Kier molecular flexibility index (Phi) is 3.38. The smallest absolute Gasteiger partial charge is 0.319 e. The molecule has 0 saturated carbocycles. The van der Waals surface area contributed by atoms with Crippen molar-refractivity contribution in [3.63, 3.8) is 0 Å². The highest BCUT2D eigenvalue weighted by Gasteiger charge is 2.47. The number of likely N-dealkylation sites (N-methyl/N-ethyl adjacent to an activating group) is 1. The molecule has 2 saturated heterocycles. The minimum Gasteiger partial charge on any atom is -0.324 e. The van der Waals surface area contributed by atoms with Gasteiger partial charge in [-0.1, -0.05) is 18.6 Å². The quantitative estimate of drug-likeness (QED) is 0.899. The fraction of sp³-hybridized carbons (Fsp3) is 0.533. The van der Waals surface area contributed by atoms with Crippen LogP contribution >= 0.6 is 0 Å². The molecule has 0 radical (unpaired) electrons. The number of amides is 2. The van der Waals surface area contributed by atoms with Crippen LogP contribution in [0.5, 0.6) is 0 Å². The Morgan fingerprint density at radius 1 is 1.15 bits per heavy atom. The third kappa shape index (κ3) is 2.16. The number of carbonyl (C=O) groups excluding carboxylic acids is 1. The predicted molar refractivity (Wildman–Crippen MR) is 74.7 cm³/mol. The number of hydrogen-bond donors (Lipinski definition) is 1. The number of halogens is 1. The van der Waals surface area contributed by atoms with E-state index in [1.807, 2.05) is 0 Å². The van der Waals surface area contributed by atoms with Crippen molar-refractivity contribution in [2.24, 2.45) is 0 Å². The van der Waals surface area contributed by atoms with Crippen LogP contribution < -0.4 is 5.32 Å². The van der Waals surface area contributed by atoms with Gasteiger partial charge in [0, 0.05) is 20.1 Å². The second-order valence-electron chi connectivity index (χ2n) is 5.70. The van der Waals surface area contributed by atoms with Crippen LogP contribution in [-0.2, 0) is 5.66 Å². The van der Waals surface area contributed by atoms with Gasteiger partial charge in [0.15, 0.2) is 0 Å². The van der Waals surface area contributed by atoms with Crippen molar-refractivity contribution in [2.75, 3.05) is 26.7 Å². The fourth-order valence-electron chi connectivity index (χ4n) is 3.25. The molecule has 2 aliphatic rings. The Morgan fingerprint density at radius 2 is 1.80 bits per heavy atom. The number of hydrogen-bond acceptors (Lipinski definition) is 2. The highest BCUT2D eigenvalue weighted by molar-refractivity contribution is 5.78. The summed E-state index contributed by atoms with van der Waals surface area (Å²) >= 11 is 0. The van der Waals surface area contributed by atoms with E-state index in [4.69, 9.17) is 0 Å². The molecule has 0 bridgehead atoms. The molecule has 2 amide bonds. The van der Waals surface area contributed by atoms with Crippen LogP contribution in [0, 0.1) is 5.82 Å². The van der Waals surface area contributed by atoms with E-state index in [9.17, 15) is 9.18 Å². The van der Waals surface area contributed by atoms with E-state index in [-0.39, 0.29) is 11.8 Å². The summed E-state index contributed by atoms with van der Waals surface area (Å²) in [5, 5.41) is 3.11. The molecule has 2 heterocycles. The third-order valence-electron chi connectivity index (χ3n) is 4.34. The molecule has 108 valence electrons. The summed E-state index contributed by atoms with van der Waals surface area (Å²) in [5.74, 6) is -0.250. The molecule has 0 aromatic heterocycles. The van der Waals surface area contributed by atoms with E-state index < -0.39 is 5.66 Å². The summed E-state index contributed by atoms with van der Waals surface area (Å²) in [6.07, 6.45) is 3.52. The molecule has 1 N–H and O–H groups in total. The molecular formula is C15H20FN3O. The van der Waals surface area contributed by atoms with Crippen molar-refractivity contribution in [1.29, 1.82) is 0 Å². The van der Waals surface area contributed by atoms with Gasteiger partial charge >= 0.3 is 6.03 Å². The number of nitrogens with one attached hydrogen (secondary N) is 1. The van der Waals surface area contributed by atoms with Crippen LogP contribution in [0.4, 0.5) is 9.18 Å². The Labute approximate surface area is 118 Å². The Hall–Kier alpha value is -1.62. The van der Waals surface area contributed by atoms with Crippen molar-refractivity contribution in [2.45, 2.75) is 24.9 Å². The van der Waals surface area contributed by atoms with Gasteiger partial charge in [0.2, 0.25) is 0 Å². The number of urea groups is 1. The lowest BCUT2D eigenvalue weighted by Gasteiger charge is -2.42. The monoisotopic (exact) mass is 277 g/mol. The number of nitrogens with zero attached hydrogens (tertiary/aromatic N) is 2. The summed E-state index contributed by atoms with van der Waals surface area (Å²) in [7, 11) is 1.80. The molecule has 4 nitrogen and oxygen atoms in total. The van der Waals surface area contributed by atoms with Crippen LogP contribution in [-0.4, -0.2) is 42.5 Å². The summed E-state index contributed by atoms with van der Waals surface area (Å²) in [6, 6.07) is 6.42. The maximum atomic E-state index is 13.2. The Bertz CT molecular complexity index is 498. The summed E-state index contributed by atoms with van der Waals surface area (Å²) in [5.41, 5.74) is 0.443. The topological polar surface area (TPSA) is 35.6 Å². The first-order valence-corrected chi connectivity index (χ1v) is 7.16. The van der Waals surface area contributed by atoms with Crippen molar-refractivity contribution in [3.8, 4) is 0 Å². The maximum Gasteiger partial charge on any atom is 0.319 e. The number of likely N-dealkylation sites (tertiary alicyclic amines) is 1. The SMILES string of the molecule is CN1CC(c2ccc(F)cc2)(N2CCCCC2)NC1=O. The standard InChI is InChI=1S/C15H20FN3O/c1-18-11-15(17-14(18)20,19-9-3-2-4-10-19)12-5-7-13(16)8-6-12/h5-8H,2-4,9-11H2,1H3,(H,17,20). The second kappa shape index (κ2) is 5.05. The molecule has 1 unspecified atom stereocenters. The highest BCUT2D eigenvalue weighted by atomic mass is 19.1. The number of rotatable bonds is 2. The van der Waals surface area contributed by atoms with Crippen molar-refractivity contribution < 1.29 is 9.18 Å². The first-order valence-electron chi connectivity index (χ1n) is 7.16. The molecule has 20 heavy (non-hydrogen) atoms. The molecule has 2 aliphatic heterocycles. The van der Waals surface area contributed by atoms with Crippen LogP contribution in [0.3, 0.4) is 0 Å². The van der Waals surface area contributed by atoms with E-state index in [2.05, 4.69) is 10.2 Å². The molecule has 0 spiro atoms. The Balaban J connectivity index is 1.99. The van der Waals surface area contributed by atoms with E-state index >= 15 is 0 Å². The van der Waals surface area contributed by atoms with Gasteiger partial charge in [-0.05, 0) is 30.5 Å². The van der Waals surface area contributed by atoms with Gasteiger partial charge < -0.3 is 10.2 Å². The Morgan fingerprint density at radius 3 is 2.35 bits per heavy atom. The molecule has 1 aromatic rings. The zero-order valence-electron chi connectivity index (χ0n) is 11.7. The molecule has 3 rings (SSSR count).